The van der Waals surface area contributed by atoms with Crippen LogP contribution in [0.3, 0.4) is 0 Å². The molecule has 2 amide bonds. The van der Waals surface area contributed by atoms with Crippen LogP contribution in [0.1, 0.15) is 22.4 Å². The highest BCUT2D eigenvalue weighted by molar-refractivity contribution is 5.93. The third-order valence-electron chi connectivity index (χ3n) is 5.30. The van der Waals surface area contributed by atoms with Crippen LogP contribution in [0.2, 0.25) is 0 Å². The van der Waals surface area contributed by atoms with Crippen molar-refractivity contribution in [1.29, 1.82) is 0 Å². The summed E-state index contributed by atoms with van der Waals surface area (Å²) < 4.78 is 19.8. The van der Waals surface area contributed by atoms with Crippen LogP contribution in [-0.4, -0.2) is 90.4 Å². The number of fused-ring (bicyclic) bond motifs is 1. The van der Waals surface area contributed by atoms with Crippen molar-refractivity contribution >= 4 is 28.8 Å². The third kappa shape index (κ3) is 4.60. The highest BCUT2D eigenvalue weighted by atomic mass is 19.1. The molecule has 13 nitrogen and oxygen atoms in total. The monoisotopic (exact) mass is 484 g/mol. The Bertz CT molecular complexity index is 1340. The number of aliphatic hydroxyl groups is 2. The zero-order valence-electron chi connectivity index (χ0n) is 18.6. The summed E-state index contributed by atoms with van der Waals surface area (Å²) in [5.41, 5.74) is 6.56. The number of amides is 2. The Kier molecular flexibility index (Phi) is 6.56. The molecule has 5 N–H and O–H groups in total. The molecule has 35 heavy (non-hydrogen) atoms. The molecule has 0 aromatic carbocycles. The number of hydrogen-bond donors (Lipinski definition) is 4. The van der Waals surface area contributed by atoms with Gasteiger partial charge in [-0.25, -0.2) is 19.9 Å². The van der Waals surface area contributed by atoms with Gasteiger partial charge in [-0.15, -0.1) is 0 Å². The molecule has 1 saturated heterocycles. The predicted octanol–water partition coefficient (Wildman–Crippen LogP) is -1.57. The summed E-state index contributed by atoms with van der Waals surface area (Å²) >= 11 is 0. The number of aliphatic hydroxyl groups excluding tert-OH is 2. The van der Waals surface area contributed by atoms with E-state index in [-0.39, 0.29) is 34.9 Å². The molecule has 4 rings (SSSR count). The lowest BCUT2D eigenvalue weighted by atomic mass is 10.1. The van der Waals surface area contributed by atoms with Crippen molar-refractivity contribution in [3.63, 3.8) is 0 Å². The second-order valence-electron chi connectivity index (χ2n) is 7.63. The van der Waals surface area contributed by atoms with E-state index >= 15 is 0 Å². The summed E-state index contributed by atoms with van der Waals surface area (Å²) in [5.74, 6) is 3.79. The first kappa shape index (κ1) is 24.0. The molecule has 0 bridgehead atoms. The van der Waals surface area contributed by atoms with Gasteiger partial charge in [-0.05, 0) is 18.1 Å². The van der Waals surface area contributed by atoms with Gasteiger partial charge in [0.05, 0.1) is 18.4 Å². The number of anilines is 1. The van der Waals surface area contributed by atoms with E-state index in [0.717, 1.165) is 12.3 Å². The number of carbonyl (C=O) groups is 2. The van der Waals surface area contributed by atoms with E-state index in [2.05, 4.69) is 37.1 Å². The molecule has 2 unspecified atom stereocenters. The molecule has 1 aliphatic rings. The zero-order chi connectivity index (χ0) is 25.3. The summed E-state index contributed by atoms with van der Waals surface area (Å²) in [6.45, 7) is 0.00122. The van der Waals surface area contributed by atoms with E-state index in [1.807, 2.05) is 0 Å². The second kappa shape index (κ2) is 9.58. The van der Waals surface area contributed by atoms with Crippen LogP contribution >= 0.6 is 0 Å². The average Bonchev–Trinajstić information content (AvgIpc) is 3.39. The fourth-order valence-corrected chi connectivity index (χ4v) is 3.46. The van der Waals surface area contributed by atoms with Crippen molar-refractivity contribution in [2.45, 2.75) is 24.5 Å². The normalized spacial score (nSPS) is 21.4. The van der Waals surface area contributed by atoms with Crippen molar-refractivity contribution in [2.24, 2.45) is 0 Å². The summed E-state index contributed by atoms with van der Waals surface area (Å²) in [7, 11) is 2.89. The Labute approximate surface area is 197 Å². The number of nitrogens with one attached hydrogen (secondary N) is 1. The number of pyridine rings is 1. The molecular formula is C21H21FN8O5. The lowest BCUT2D eigenvalue weighted by Crippen LogP contribution is -2.41. The van der Waals surface area contributed by atoms with Gasteiger partial charge in [-0.3, -0.25) is 14.2 Å². The molecule has 3 aromatic heterocycles. The fraction of sp³-hybridized carbons (Fsp3) is 0.333. The van der Waals surface area contributed by atoms with Gasteiger partial charge in [0.2, 0.25) is 11.8 Å². The Morgan fingerprint density at radius 3 is 2.74 bits per heavy atom. The fourth-order valence-electron chi connectivity index (χ4n) is 3.46. The lowest BCUT2D eigenvalue weighted by Gasteiger charge is -2.16. The Morgan fingerprint density at radius 2 is 2.06 bits per heavy atom. The van der Waals surface area contributed by atoms with Crippen LogP contribution in [0.4, 0.5) is 10.2 Å². The van der Waals surface area contributed by atoms with E-state index in [9.17, 15) is 24.2 Å². The maximum atomic E-state index is 13.0. The largest absolute Gasteiger partial charge is 0.387 e. The highest BCUT2D eigenvalue weighted by Crippen LogP contribution is 2.32. The standard InChI is InChI=1S/C21H21FN8O5/c1-24-19(33)16-14(31)15(32)21(35-16)30-9-26-13-17(23)27-12(28-18(13)30)4-3-7-29(2)20(34)10-5-6-11(22)25-8-10/h5-6,8-9,14-16,21,31-32H,7H2,1-2H3,(H,24,33)(H2,23,27,28)/t14-,15+,16?,21?/m0/s1. The van der Waals surface area contributed by atoms with Gasteiger partial charge in [-0.2, -0.15) is 4.39 Å². The Hall–Kier alpha value is -4.19. The first-order chi connectivity index (χ1) is 16.7. The smallest absolute Gasteiger partial charge is 0.255 e. The maximum absolute atomic E-state index is 13.0. The number of nitrogens with two attached hydrogens (primary N) is 1. The van der Waals surface area contributed by atoms with E-state index in [1.54, 1.807) is 0 Å². The van der Waals surface area contributed by atoms with Crippen LogP contribution in [0.5, 0.6) is 0 Å². The number of hydrogen-bond acceptors (Lipinski definition) is 10. The van der Waals surface area contributed by atoms with E-state index in [0.29, 0.717) is 0 Å². The number of rotatable bonds is 4. The van der Waals surface area contributed by atoms with Crippen molar-refractivity contribution in [3.05, 3.63) is 42.0 Å². The van der Waals surface area contributed by atoms with E-state index in [1.165, 1.54) is 36.0 Å². The van der Waals surface area contributed by atoms with Crippen molar-refractivity contribution in [3.8, 4) is 11.8 Å². The van der Waals surface area contributed by atoms with Gasteiger partial charge in [0, 0.05) is 20.3 Å². The predicted molar refractivity (Wildman–Crippen MR) is 118 cm³/mol. The minimum atomic E-state index is -1.47. The van der Waals surface area contributed by atoms with Gasteiger partial charge >= 0.3 is 0 Å². The van der Waals surface area contributed by atoms with Gasteiger partial charge in [0.15, 0.2) is 23.8 Å². The number of imidazole rings is 1. The zero-order valence-corrected chi connectivity index (χ0v) is 18.6. The number of nitrogen functional groups attached to an aromatic ring is 1. The molecule has 4 atom stereocenters. The van der Waals surface area contributed by atoms with Crippen molar-refractivity contribution < 1.29 is 28.9 Å². The molecule has 0 aliphatic carbocycles. The van der Waals surface area contributed by atoms with Crippen LogP contribution < -0.4 is 11.1 Å². The number of aromatic nitrogens is 5. The summed E-state index contributed by atoms with van der Waals surface area (Å²) in [5, 5.41) is 23.0. The van der Waals surface area contributed by atoms with Gasteiger partial charge in [-0.1, -0.05) is 5.92 Å². The van der Waals surface area contributed by atoms with Crippen LogP contribution in [0, 0.1) is 17.8 Å². The lowest BCUT2D eigenvalue weighted by molar-refractivity contribution is -0.137. The van der Waals surface area contributed by atoms with Crippen LogP contribution in [-0.2, 0) is 9.53 Å². The minimum absolute atomic E-state index is 0.00122. The van der Waals surface area contributed by atoms with Crippen molar-refractivity contribution in [2.75, 3.05) is 26.4 Å². The summed E-state index contributed by atoms with van der Waals surface area (Å²) in [6.07, 6.45) is -2.95. The summed E-state index contributed by atoms with van der Waals surface area (Å²) in [4.78, 5) is 41.6. The minimum Gasteiger partial charge on any atom is -0.387 e. The Morgan fingerprint density at radius 1 is 1.29 bits per heavy atom. The van der Waals surface area contributed by atoms with Gasteiger partial charge in [0.1, 0.15) is 17.7 Å². The molecular weight excluding hydrogens is 463 g/mol. The van der Waals surface area contributed by atoms with Gasteiger partial charge < -0.3 is 30.9 Å². The molecule has 1 aliphatic heterocycles. The second-order valence-corrected chi connectivity index (χ2v) is 7.63. The van der Waals surface area contributed by atoms with E-state index < -0.39 is 42.3 Å². The first-order valence-corrected chi connectivity index (χ1v) is 10.3. The highest BCUT2D eigenvalue weighted by Gasteiger charge is 2.47. The number of likely N-dealkylation sites (N-methyl/N-ethyl adjacent to an activating group) is 1. The van der Waals surface area contributed by atoms with Crippen molar-refractivity contribution in [1.82, 2.24) is 34.7 Å². The number of carbonyl (C=O) groups excluding carboxylic acids is 2. The molecule has 0 spiro atoms. The molecule has 14 heteroatoms. The quantitative estimate of drug-likeness (QED) is 0.249. The maximum Gasteiger partial charge on any atom is 0.255 e. The molecule has 1 fully saturated rings. The SMILES string of the molecule is CNC(=O)C1OC(n2cnc3c(N)nc(C#CCN(C)C(=O)c4ccc(F)nc4)nc32)[C@H](O)[C@@H]1O. The number of nitrogens with zero attached hydrogens (tertiary/aromatic N) is 6. The molecule has 0 radical (unpaired) electrons. The van der Waals surface area contributed by atoms with Gasteiger partial charge in [0.25, 0.3) is 11.8 Å². The molecule has 3 aromatic rings. The first-order valence-electron chi connectivity index (χ1n) is 10.3. The topological polar surface area (TPSA) is 182 Å². The summed E-state index contributed by atoms with van der Waals surface area (Å²) in [6, 6.07) is 2.40. The van der Waals surface area contributed by atoms with Crippen LogP contribution in [0.15, 0.2) is 24.7 Å². The van der Waals surface area contributed by atoms with Crippen LogP contribution in [0.25, 0.3) is 11.2 Å². The molecule has 4 heterocycles. The number of ether oxygens (including phenoxy) is 1. The third-order valence-corrected chi connectivity index (χ3v) is 5.30. The molecule has 0 saturated carbocycles. The van der Waals surface area contributed by atoms with E-state index in [4.69, 9.17) is 10.5 Å². The Balaban J connectivity index is 1.56. The average molecular weight is 484 g/mol. The molecule has 182 valence electrons. The number of halogens is 1.